The zero-order valence-corrected chi connectivity index (χ0v) is 8.54. The van der Waals surface area contributed by atoms with E-state index in [1.54, 1.807) is 0 Å². The number of hydrogen-bond donors (Lipinski definition) is 1. The predicted molar refractivity (Wildman–Crippen MR) is 48.5 cm³/mol. The summed E-state index contributed by atoms with van der Waals surface area (Å²) in [5.41, 5.74) is 0.0107. The molecule has 0 saturated carbocycles. The largest absolute Gasteiger partial charge is 0.394 e. The van der Waals surface area contributed by atoms with E-state index in [9.17, 15) is 0 Å². The molecule has 2 fully saturated rings. The lowest BCUT2D eigenvalue weighted by atomic mass is 9.97. The Labute approximate surface area is 79.0 Å². The van der Waals surface area contributed by atoms with Gasteiger partial charge in [0.05, 0.1) is 23.9 Å². The van der Waals surface area contributed by atoms with Crippen molar-refractivity contribution < 1.29 is 14.6 Å². The number of aliphatic hydroxyl groups is 1. The van der Waals surface area contributed by atoms with Gasteiger partial charge in [0, 0.05) is 0 Å². The van der Waals surface area contributed by atoms with Gasteiger partial charge in [0.15, 0.2) is 0 Å². The number of rotatable bonds is 4. The van der Waals surface area contributed by atoms with E-state index in [-0.39, 0.29) is 23.9 Å². The van der Waals surface area contributed by atoms with Crippen molar-refractivity contribution in [3.8, 4) is 0 Å². The Morgan fingerprint density at radius 1 is 1.15 bits per heavy atom. The normalized spacial score (nSPS) is 46.2. The third-order valence-electron chi connectivity index (χ3n) is 3.27. The zero-order valence-electron chi connectivity index (χ0n) is 8.54. The molecule has 2 heterocycles. The molecule has 76 valence electrons. The SMILES string of the molecule is CC1(C)O[C@H]1CC[C@]1(C)O[C@H]1CO. The second-order valence-electron chi connectivity index (χ2n) is 4.85. The van der Waals surface area contributed by atoms with Gasteiger partial charge in [-0.2, -0.15) is 0 Å². The Morgan fingerprint density at radius 2 is 1.77 bits per heavy atom. The lowest BCUT2D eigenvalue weighted by molar-refractivity contribution is 0.233. The quantitative estimate of drug-likeness (QED) is 0.668. The van der Waals surface area contributed by atoms with E-state index in [1.807, 2.05) is 0 Å². The first kappa shape index (κ1) is 9.44. The fraction of sp³-hybridized carbons (Fsp3) is 1.00. The molecule has 0 aromatic heterocycles. The molecular formula is C10H18O3. The first-order chi connectivity index (χ1) is 5.98. The summed E-state index contributed by atoms with van der Waals surface area (Å²) in [5, 5.41) is 8.87. The first-order valence-corrected chi connectivity index (χ1v) is 4.94. The van der Waals surface area contributed by atoms with Gasteiger partial charge in [0.25, 0.3) is 0 Å². The monoisotopic (exact) mass is 186 g/mol. The van der Waals surface area contributed by atoms with Crippen LogP contribution in [0.25, 0.3) is 0 Å². The molecule has 1 N–H and O–H groups in total. The summed E-state index contributed by atoms with van der Waals surface area (Å²) in [6.07, 6.45) is 2.49. The molecule has 2 aliphatic heterocycles. The van der Waals surface area contributed by atoms with Crippen LogP contribution in [-0.4, -0.2) is 35.1 Å². The van der Waals surface area contributed by atoms with E-state index in [2.05, 4.69) is 20.8 Å². The third-order valence-corrected chi connectivity index (χ3v) is 3.27. The van der Waals surface area contributed by atoms with E-state index < -0.39 is 0 Å². The molecule has 0 bridgehead atoms. The van der Waals surface area contributed by atoms with Crippen LogP contribution in [0.4, 0.5) is 0 Å². The molecular weight excluding hydrogens is 168 g/mol. The van der Waals surface area contributed by atoms with Crippen molar-refractivity contribution in [3.05, 3.63) is 0 Å². The molecule has 2 rings (SSSR count). The predicted octanol–water partition coefficient (Wildman–Crippen LogP) is 1.09. The minimum atomic E-state index is -0.0726. The Morgan fingerprint density at radius 3 is 2.15 bits per heavy atom. The smallest absolute Gasteiger partial charge is 0.110 e. The summed E-state index contributed by atoms with van der Waals surface area (Å²) in [4.78, 5) is 0. The molecule has 3 nitrogen and oxygen atoms in total. The summed E-state index contributed by atoms with van der Waals surface area (Å²) in [5.74, 6) is 0. The van der Waals surface area contributed by atoms with Crippen LogP contribution in [0, 0.1) is 0 Å². The summed E-state index contributed by atoms with van der Waals surface area (Å²) in [7, 11) is 0. The van der Waals surface area contributed by atoms with Gasteiger partial charge in [0.1, 0.15) is 6.10 Å². The van der Waals surface area contributed by atoms with Crippen LogP contribution in [0.15, 0.2) is 0 Å². The molecule has 0 amide bonds. The fourth-order valence-electron chi connectivity index (χ4n) is 1.90. The van der Waals surface area contributed by atoms with Crippen LogP contribution in [0.5, 0.6) is 0 Å². The Bertz CT molecular complexity index is 214. The molecule has 0 aromatic rings. The van der Waals surface area contributed by atoms with Crippen molar-refractivity contribution in [1.82, 2.24) is 0 Å². The van der Waals surface area contributed by atoms with Gasteiger partial charge in [-0.15, -0.1) is 0 Å². The second-order valence-corrected chi connectivity index (χ2v) is 4.85. The van der Waals surface area contributed by atoms with E-state index in [4.69, 9.17) is 14.6 Å². The Hall–Kier alpha value is -0.120. The number of epoxide rings is 2. The van der Waals surface area contributed by atoms with Crippen LogP contribution < -0.4 is 0 Å². The summed E-state index contributed by atoms with van der Waals surface area (Å²) >= 11 is 0. The molecule has 3 atom stereocenters. The number of ether oxygens (including phenoxy) is 2. The molecule has 2 saturated heterocycles. The summed E-state index contributed by atoms with van der Waals surface area (Å²) in [6.45, 7) is 6.42. The fourth-order valence-corrected chi connectivity index (χ4v) is 1.90. The molecule has 0 radical (unpaired) electrons. The maximum absolute atomic E-state index is 8.87. The van der Waals surface area contributed by atoms with E-state index in [0.29, 0.717) is 6.10 Å². The van der Waals surface area contributed by atoms with Gasteiger partial charge >= 0.3 is 0 Å². The lowest BCUT2D eigenvalue weighted by Crippen LogP contribution is -2.14. The molecule has 3 heteroatoms. The van der Waals surface area contributed by atoms with Crippen molar-refractivity contribution in [1.29, 1.82) is 0 Å². The van der Waals surface area contributed by atoms with Crippen molar-refractivity contribution in [2.45, 2.75) is 57.0 Å². The van der Waals surface area contributed by atoms with Gasteiger partial charge in [-0.05, 0) is 33.6 Å². The summed E-state index contributed by atoms with van der Waals surface area (Å²) in [6, 6.07) is 0. The molecule has 13 heavy (non-hydrogen) atoms. The van der Waals surface area contributed by atoms with E-state index >= 15 is 0 Å². The van der Waals surface area contributed by atoms with Crippen LogP contribution >= 0.6 is 0 Å². The molecule has 0 unspecified atom stereocenters. The maximum atomic E-state index is 8.87. The van der Waals surface area contributed by atoms with Crippen LogP contribution in [-0.2, 0) is 9.47 Å². The van der Waals surface area contributed by atoms with Crippen molar-refractivity contribution in [2.75, 3.05) is 6.61 Å². The maximum Gasteiger partial charge on any atom is 0.110 e. The highest BCUT2D eigenvalue weighted by Crippen LogP contribution is 2.45. The highest BCUT2D eigenvalue weighted by molar-refractivity contribution is 5.02. The van der Waals surface area contributed by atoms with Crippen molar-refractivity contribution in [3.63, 3.8) is 0 Å². The van der Waals surface area contributed by atoms with Gasteiger partial charge in [-0.1, -0.05) is 0 Å². The highest BCUT2D eigenvalue weighted by atomic mass is 16.6. The summed E-state index contributed by atoms with van der Waals surface area (Å²) < 4.78 is 10.9. The third kappa shape index (κ3) is 1.73. The van der Waals surface area contributed by atoms with Crippen molar-refractivity contribution >= 4 is 0 Å². The highest BCUT2D eigenvalue weighted by Gasteiger charge is 2.54. The minimum Gasteiger partial charge on any atom is -0.394 e. The standard InChI is InChI=1S/C10H18O3/c1-9(2)7(12-9)4-5-10(3)8(6-11)13-10/h7-8,11H,4-6H2,1-3H3/t7-,8-,10-/m0/s1. The topological polar surface area (TPSA) is 45.3 Å². The van der Waals surface area contributed by atoms with Crippen LogP contribution in [0.1, 0.15) is 33.6 Å². The van der Waals surface area contributed by atoms with E-state index in [0.717, 1.165) is 12.8 Å². The van der Waals surface area contributed by atoms with Crippen molar-refractivity contribution in [2.24, 2.45) is 0 Å². The van der Waals surface area contributed by atoms with Gasteiger partial charge < -0.3 is 14.6 Å². The van der Waals surface area contributed by atoms with Crippen LogP contribution in [0.3, 0.4) is 0 Å². The Kier molecular flexibility index (Phi) is 1.95. The molecule has 2 aliphatic rings. The van der Waals surface area contributed by atoms with Gasteiger partial charge in [-0.3, -0.25) is 0 Å². The van der Waals surface area contributed by atoms with Gasteiger partial charge in [-0.25, -0.2) is 0 Å². The zero-order chi connectivity index (χ0) is 9.69. The average Bonchev–Trinajstić information content (AvgIpc) is 2.87. The molecule has 0 aliphatic carbocycles. The first-order valence-electron chi connectivity index (χ1n) is 4.94. The average molecular weight is 186 g/mol. The second kappa shape index (κ2) is 2.69. The molecule has 0 aromatic carbocycles. The van der Waals surface area contributed by atoms with E-state index in [1.165, 1.54) is 0 Å². The number of hydrogen-bond acceptors (Lipinski definition) is 3. The lowest BCUT2D eigenvalue weighted by Gasteiger charge is -2.03. The van der Waals surface area contributed by atoms with Gasteiger partial charge in [0.2, 0.25) is 0 Å². The number of aliphatic hydroxyl groups excluding tert-OH is 1. The van der Waals surface area contributed by atoms with Crippen LogP contribution in [0.2, 0.25) is 0 Å². The molecule has 0 spiro atoms. The minimum absolute atomic E-state index is 0.0642. The Balaban J connectivity index is 1.70.